The van der Waals surface area contributed by atoms with Crippen LogP contribution in [0.4, 0.5) is 5.69 Å². The van der Waals surface area contributed by atoms with Crippen LogP contribution in [0.3, 0.4) is 0 Å². The van der Waals surface area contributed by atoms with Crippen molar-refractivity contribution in [1.29, 1.82) is 0 Å². The second kappa shape index (κ2) is 8.18. The van der Waals surface area contributed by atoms with Crippen LogP contribution >= 0.6 is 11.3 Å². The van der Waals surface area contributed by atoms with Crippen LogP contribution in [-0.4, -0.2) is 23.8 Å². The minimum absolute atomic E-state index is 0.0499. The van der Waals surface area contributed by atoms with E-state index in [0.717, 1.165) is 5.56 Å². The number of carbonyl (C=O) groups excluding carboxylic acids is 2. The van der Waals surface area contributed by atoms with Gasteiger partial charge in [-0.25, -0.2) is 0 Å². The summed E-state index contributed by atoms with van der Waals surface area (Å²) in [6, 6.07) is 16.9. The Morgan fingerprint density at radius 1 is 1.04 bits per heavy atom. The van der Waals surface area contributed by atoms with Gasteiger partial charge in [0.15, 0.2) is 0 Å². The van der Waals surface area contributed by atoms with E-state index < -0.39 is 0 Å². The number of carbonyl (C=O) groups is 2. The molecule has 2 aromatic carbocycles. The average Bonchev–Trinajstić information content (AvgIpc) is 3.19. The fourth-order valence-corrected chi connectivity index (χ4v) is 3.49. The molecule has 27 heavy (non-hydrogen) atoms. The summed E-state index contributed by atoms with van der Waals surface area (Å²) < 4.78 is 0. The van der Waals surface area contributed by atoms with Crippen molar-refractivity contribution in [2.75, 3.05) is 12.4 Å². The minimum atomic E-state index is -0.143. The fourth-order valence-electron chi connectivity index (χ4n) is 2.87. The van der Waals surface area contributed by atoms with Gasteiger partial charge >= 0.3 is 0 Å². The van der Waals surface area contributed by atoms with Crippen LogP contribution in [0, 0.1) is 13.8 Å². The van der Waals surface area contributed by atoms with Crippen LogP contribution in [0.2, 0.25) is 0 Å². The lowest BCUT2D eigenvalue weighted by atomic mass is 10.1. The van der Waals surface area contributed by atoms with Gasteiger partial charge in [-0.15, -0.1) is 11.3 Å². The standard InChI is InChI=1S/C22H22N2O2S/c1-15-6-7-18(16(2)13-15)14-24(3)22(26)17-8-10-19(11-9-17)23-21(25)20-5-4-12-27-20/h4-13H,14H2,1-3H3,(H,23,25). The molecule has 138 valence electrons. The molecular formula is C22H22N2O2S. The van der Waals surface area contributed by atoms with Gasteiger partial charge < -0.3 is 10.2 Å². The summed E-state index contributed by atoms with van der Waals surface area (Å²) in [4.78, 5) is 27.1. The monoisotopic (exact) mass is 378 g/mol. The highest BCUT2D eigenvalue weighted by Crippen LogP contribution is 2.17. The molecule has 0 spiro atoms. The van der Waals surface area contributed by atoms with E-state index in [0.29, 0.717) is 22.7 Å². The number of benzene rings is 2. The summed E-state index contributed by atoms with van der Waals surface area (Å²) in [5, 5.41) is 4.70. The zero-order chi connectivity index (χ0) is 19.4. The maximum absolute atomic E-state index is 12.7. The number of amides is 2. The van der Waals surface area contributed by atoms with E-state index in [1.54, 1.807) is 42.3 Å². The largest absolute Gasteiger partial charge is 0.337 e. The van der Waals surface area contributed by atoms with E-state index in [2.05, 4.69) is 37.4 Å². The zero-order valence-corrected chi connectivity index (χ0v) is 16.5. The van der Waals surface area contributed by atoms with Gasteiger partial charge in [-0.05, 0) is 60.7 Å². The van der Waals surface area contributed by atoms with Gasteiger partial charge in [0.05, 0.1) is 4.88 Å². The van der Waals surface area contributed by atoms with Gasteiger partial charge in [0, 0.05) is 24.8 Å². The van der Waals surface area contributed by atoms with E-state index >= 15 is 0 Å². The number of rotatable bonds is 5. The first kappa shape index (κ1) is 18.9. The number of aryl methyl sites for hydroxylation is 2. The van der Waals surface area contributed by atoms with Crippen LogP contribution in [0.15, 0.2) is 60.0 Å². The molecule has 0 fully saturated rings. The molecule has 0 aliphatic heterocycles. The van der Waals surface area contributed by atoms with Crippen molar-refractivity contribution in [3.05, 3.63) is 87.1 Å². The molecule has 0 bridgehead atoms. The Bertz CT molecular complexity index is 947. The van der Waals surface area contributed by atoms with E-state index in [1.165, 1.54) is 22.5 Å². The third-order valence-electron chi connectivity index (χ3n) is 4.39. The molecular weight excluding hydrogens is 356 g/mol. The quantitative estimate of drug-likeness (QED) is 0.687. The molecule has 3 aromatic rings. The third kappa shape index (κ3) is 4.63. The maximum Gasteiger partial charge on any atom is 0.265 e. The van der Waals surface area contributed by atoms with Gasteiger partial charge in [-0.2, -0.15) is 0 Å². The summed E-state index contributed by atoms with van der Waals surface area (Å²) in [5.41, 5.74) is 4.79. The predicted molar refractivity (Wildman–Crippen MR) is 110 cm³/mol. The molecule has 5 heteroatoms. The minimum Gasteiger partial charge on any atom is -0.337 e. The normalized spacial score (nSPS) is 10.5. The third-order valence-corrected chi connectivity index (χ3v) is 5.26. The molecule has 0 saturated heterocycles. The number of thiophene rings is 1. The molecule has 0 unspecified atom stereocenters. The van der Waals surface area contributed by atoms with E-state index in [9.17, 15) is 9.59 Å². The van der Waals surface area contributed by atoms with Gasteiger partial charge in [0.1, 0.15) is 0 Å². The molecule has 2 amide bonds. The predicted octanol–water partition coefficient (Wildman–Crippen LogP) is 4.89. The highest BCUT2D eigenvalue weighted by molar-refractivity contribution is 7.12. The van der Waals surface area contributed by atoms with Crippen molar-refractivity contribution in [1.82, 2.24) is 4.90 Å². The van der Waals surface area contributed by atoms with Gasteiger partial charge in [-0.1, -0.05) is 29.8 Å². The Balaban J connectivity index is 1.65. The Kier molecular flexibility index (Phi) is 5.72. The average molecular weight is 378 g/mol. The van der Waals surface area contributed by atoms with E-state index in [1.807, 2.05) is 11.4 Å². The first-order valence-corrected chi connectivity index (χ1v) is 9.58. The number of hydrogen-bond donors (Lipinski definition) is 1. The summed E-state index contributed by atoms with van der Waals surface area (Å²) in [6.07, 6.45) is 0. The van der Waals surface area contributed by atoms with Gasteiger partial charge in [0.2, 0.25) is 0 Å². The Hall–Kier alpha value is -2.92. The van der Waals surface area contributed by atoms with Crippen molar-refractivity contribution in [3.63, 3.8) is 0 Å². The molecule has 0 aliphatic carbocycles. The highest BCUT2D eigenvalue weighted by atomic mass is 32.1. The first-order valence-electron chi connectivity index (χ1n) is 8.70. The number of anilines is 1. The molecule has 1 N–H and O–H groups in total. The van der Waals surface area contributed by atoms with Gasteiger partial charge in [0.25, 0.3) is 11.8 Å². The Morgan fingerprint density at radius 2 is 1.78 bits per heavy atom. The van der Waals surface area contributed by atoms with Crippen LogP contribution in [0.5, 0.6) is 0 Å². The molecule has 0 radical (unpaired) electrons. The van der Waals surface area contributed by atoms with Crippen molar-refractivity contribution in [2.45, 2.75) is 20.4 Å². The first-order chi connectivity index (χ1) is 12.9. The summed E-state index contributed by atoms with van der Waals surface area (Å²) >= 11 is 1.39. The fraction of sp³-hybridized carbons (Fsp3) is 0.182. The smallest absolute Gasteiger partial charge is 0.265 e. The Labute approximate surface area is 163 Å². The topological polar surface area (TPSA) is 49.4 Å². The molecule has 0 aliphatic rings. The lowest BCUT2D eigenvalue weighted by Gasteiger charge is -2.19. The second-order valence-electron chi connectivity index (χ2n) is 6.60. The molecule has 1 heterocycles. The molecule has 1 aromatic heterocycles. The van der Waals surface area contributed by atoms with Crippen molar-refractivity contribution in [3.8, 4) is 0 Å². The van der Waals surface area contributed by atoms with Crippen LogP contribution in [0.1, 0.15) is 36.7 Å². The molecule has 0 atom stereocenters. The van der Waals surface area contributed by atoms with Crippen LogP contribution in [0.25, 0.3) is 0 Å². The van der Waals surface area contributed by atoms with Crippen molar-refractivity contribution >= 4 is 28.8 Å². The second-order valence-corrected chi connectivity index (χ2v) is 7.55. The zero-order valence-electron chi connectivity index (χ0n) is 15.7. The van der Waals surface area contributed by atoms with Gasteiger partial charge in [-0.3, -0.25) is 9.59 Å². The number of nitrogens with zero attached hydrogens (tertiary/aromatic N) is 1. The molecule has 4 nitrogen and oxygen atoms in total. The maximum atomic E-state index is 12.7. The summed E-state index contributed by atoms with van der Waals surface area (Å²) in [7, 11) is 1.80. The lowest BCUT2D eigenvalue weighted by molar-refractivity contribution is 0.0785. The van der Waals surface area contributed by atoms with Crippen molar-refractivity contribution in [2.24, 2.45) is 0 Å². The molecule has 0 saturated carbocycles. The lowest BCUT2D eigenvalue weighted by Crippen LogP contribution is -2.26. The van der Waals surface area contributed by atoms with E-state index in [-0.39, 0.29) is 11.8 Å². The summed E-state index contributed by atoms with van der Waals surface area (Å²) in [5.74, 6) is -0.192. The highest BCUT2D eigenvalue weighted by Gasteiger charge is 2.14. The van der Waals surface area contributed by atoms with Crippen molar-refractivity contribution < 1.29 is 9.59 Å². The number of hydrogen-bond acceptors (Lipinski definition) is 3. The van der Waals surface area contributed by atoms with Crippen LogP contribution < -0.4 is 5.32 Å². The Morgan fingerprint density at radius 3 is 2.41 bits per heavy atom. The molecule has 3 rings (SSSR count). The SMILES string of the molecule is Cc1ccc(CN(C)C(=O)c2ccc(NC(=O)c3cccs3)cc2)c(C)c1. The van der Waals surface area contributed by atoms with Crippen LogP contribution in [-0.2, 0) is 6.54 Å². The summed E-state index contributed by atoms with van der Waals surface area (Å²) in [6.45, 7) is 4.68. The number of nitrogens with one attached hydrogen (secondary N) is 1. The van der Waals surface area contributed by atoms with E-state index in [4.69, 9.17) is 0 Å².